The number of benzene rings is 1. The van der Waals surface area contributed by atoms with Crippen LogP contribution in [0.3, 0.4) is 0 Å². The third-order valence-corrected chi connectivity index (χ3v) is 7.55. The molecular weight excluding hydrogens is 640 g/mol. The molecule has 0 radical (unpaired) electrons. The van der Waals surface area contributed by atoms with Crippen molar-refractivity contribution >= 4 is 17.2 Å². The van der Waals surface area contributed by atoms with Crippen molar-refractivity contribution in [1.82, 2.24) is 54.4 Å². The highest BCUT2D eigenvalue weighted by Gasteiger charge is 2.30. The van der Waals surface area contributed by atoms with E-state index in [1.807, 2.05) is 0 Å². The SMILES string of the molecule is CN(C)CCCCN1CC(n2nnc(Cn3cc(NC(=O)c4cnn5cccnc45)c(-c4cc(OC(F)F)ccc4OC(F)F)n3)n2)C1. The summed E-state index contributed by atoms with van der Waals surface area (Å²) in [5.74, 6) is -1.05. The molecule has 254 valence electrons. The number of fused-ring (bicyclic) bond motifs is 1. The standard InChI is InChI=1S/C29H32F4N12O3/c1-41(2)9-3-4-10-42-14-18(15-42)45-38-24(37-40-45)17-43-16-22(36-27(46)21-13-35-44-11-5-8-34-26(21)44)25(39-43)20-12-19(47-28(30)31)6-7-23(20)48-29(32)33/h5-8,11-13,16,18,28-29H,3-4,9-10,14-15,17H2,1-2H3,(H,36,46). The number of anilines is 1. The Morgan fingerprint density at radius 3 is 2.69 bits per heavy atom. The van der Waals surface area contributed by atoms with Crippen LogP contribution < -0.4 is 14.8 Å². The molecule has 1 N–H and O–H groups in total. The number of unbranched alkanes of at least 4 members (excludes halogenated alkanes) is 1. The molecule has 48 heavy (non-hydrogen) atoms. The van der Waals surface area contributed by atoms with Gasteiger partial charge < -0.3 is 19.7 Å². The topological polar surface area (TPSA) is 146 Å². The monoisotopic (exact) mass is 672 g/mol. The largest absolute Gasteiger partial charge is 0.435 e. The Labute approximate surface area is 271 Å². The third-order valence-electron chi connectivity index (χ3n) is 7.55. The molecule has 0 atom stereocenters. The lowest BCUT2D eigenvalue weighted by atomic mass is 10.1. The van der Waals surface area contributed by atoms with Crippen molar-refractivity contribution in [3.63, 3.8) is 0 Å². The van der Waals surface area contributed by atoms with Gasteiger partial charge in [-0.15, -0.1) is 10.2 Å². The molecule has 0 unspecified atom stereocenters. The van der Waals surface area contributed by atoms with Crippen molar-refractivity contribution in [2.75, 3.05) is 45.6 Å². The number of hydrogen-bond donors (Lipinski definition) is 1. The Bertz CT molecular complexity index is 1850. The molecule has 15 nitrogen and oxygen atoms in total. The van der Waals surface area contributed by atoms with Crippen LogP contribution in [0.5, 0.6) is 11.5 Å². The number of tetrazole rings is 1. The molecule has 1 aliphatic rings. The fourth-order valence-electron chi connectivity index (χ4n) is 5.29. The third kappa shape index (κ3) is 7.68. The fourth-order valence-corrected chi connectivity index (χ4v) is 5.29. The van der Waals surface area contributed by atoms with Gasteiger partial charge in [0, 0.05) is 31.7 Å². The van der Waals surface area contributed by atoms with E-state index in [2.05, 4.69) is 69.3 Å². The quantitative estimate of drug-likeness (QED) is 0.129. The molecule has 4 aromatic heterocycles. The van der Waals surface area contributed by atoms with Gasteiger partial charge in [-0.05, 0) is 69.5 Å². The number of halogens is 4. The van der Waals surface area contributed by atoms with Gasteiger partial charge in [0.05, 0.1) is 23.5 Å². The van der Waals surface area contributed by atoms with E-state index in [0.29, 0.717) is 5.82 Å². The Hall–Kier alpha value is -5.17. The molecule has 0 bridgehead atoms. The minimum atomic E-state index is -3.24. The molecule has 1 saturated heterocycles. The van der Waals surface area contributed by atoms with E-state index in [0.717, 1.165) is 57.2 Å². The molecule has 0 aliphatic carbocycles. The lowest BCUT2D eigenvalue weighted by molar-refractivity contribution is -0.0526. The second-order valence-corrected chi connectivity index (χ2v) is 11.4. The lowest BCUT2D eigenvalue weighted by Crippen LogP contribution is -2.48. The highest BCUT2D eigenvalue weighted by molar-refractivity contribution is 6.09. The second-order valence-electron chi connectivity index (χ2n) is 11.4. The van der Waals surface area contributed by atoms with E-state index in [1.54, 1.807) is 17.1 Å². The van der Waals surface area contributed by atoms with Gasteiger partial charge in [0.1, 0.15) is 29.3 Å². The Balaban J connectivity index is 1.25. The number of nitrogens with zero attached hydrogens (tertiary/aromatic N) is 11. The maximum absolute atomic E-state index is 13.4. The number of likely N-dealkylation sites (tertiary alicyclic amines) is 1. The van der Waals surface area contributed by atoms with Crippen LogP contribution in [-0.4, -0.2) is 114 Å². The van der Waals surface area contributed by atoms with Crippen molar-refractivity contribution in [2.24, 2.45) is 0 Å². The normalized spacial score (nSPS) is 13.9. The summed E-state index contributed by atoms with van der Waals surface area (Å²) in [6, 6.07) is 4.88. The van der Waals surface area contributed by atoms with Crippen molar-refractivity contribution in [3.8, 4) is 22.8 Å². The number of alkyl halides is 4. The predicted octanol–water partition coefficient (Wildman–Crippen LogP) is 3.28. The average Bonchev–Trinajstić information content (AvgIpc) is 3.75. The number of amides is 1. The fraction of sp³-hybridized carbons (Fsp3) is 0.414. The van der Waals surface area contributed by atoms with Crippen molar-refractivity contribution in [1.29, 1.82) is 0 Å². The minimum Gasteiger partial charge on any atom is -0.435 e. The van der Waals surface area contributed by atoms with Crippen LogP contribution in [0.25, 0.3) is 16.9 Å². The highest BCUT2D eigenvalue weighted by Crippen LogP contribution is 2.38. The van der Waals surface area contributed by atoms with Crippen LogP contribution in [0.2, 0.25) is 0 Å². The Morgan fingerprint density at radius 2 is 1.92 bits per heavy atom. The summed E-state index contributed by atoms with van der Waals surface area (Å²) in [4.78, 5) is 23.6. The zero-order valence-corrected chi connectivity index (χ0v) is 26.0. The van der Waals surface area contributed by atoms with Gasteiger partial charge in [-0.1, -0.05) is 0 Å². The van der Waals surface area contributed by atoms with Crippen molar-refractivity contribution in [3.05, 3.63) is 60.4 Å². The van der Waals surface area contributed by atoms with Crippen LogP contribution in [0.1, 0.15) is 35.1 Å². The van der Waals surface area contributed by atoms with E-state index in [9.17, 15) is 22.4 Å². The molecular formula is C29H32F4N12O3. The van der Waals surface area contributed by atoms with Gasteiger partial charge in [0.15, 0.2) is 11.5 Å². The summed E-state index contributed by atoms with van der Waals surface area (Å²) in [5.41, 5.74) is 0.212. The van der Waals surface area contributed by atoms with Crippen LogP contribution in [0.15, 0.2) is 49.1 Å². The van der Waals surface area contributed by atoms with Crippen LogP contribution in [0, 0.1) is 0 Å². The summed E-state index contributed by atoms with van der Waals surface area (Å²) in [7, 11) is 4.11. The molecule has 1 aromatic carbocycles. The van der Waals surface area contributed by atoms with Gasteiger partial charge in [-0.25, -0.2) is 9.50 Å². The maximum atomic E-state index is 13.4. The molecule has 1 fully saturated rings. The van der Waals surface area contributed by atoms with E-state index in [-0.39, 0.29) is 52.2 Å². The number of carbonyl (C=O) groups excluding carboxylic acids is 1. The summed E-state index contributed by atoms with van der Waals surface area (Å²) in [5, 5.41) is 24.2. The summed E-state index contributed by atoms with van der Waals surface area (Å²) >= 11 is 0. The average molecular weight is 673 g/mol. The summed E-state index contributed by atoms with van der Waals surface area (Å²) < 4.78 is 64.8. The van der Waals surface area contributed by atoms with Crippen LogP contribution in [-0.2, 0) is 6.54 Å². The number of ether oxygens (including phenoxy) is 2. The molecule has 5 heterocycles. The first-order valence-corrected chi connectivity index (χ1v) is 15.0. The molecule has 0 saturated carbocycles. The first-order chi connectivity index (χ1) is 23.1. The number of nitrogens with one attached hydrogen (secondary N) is 1. The van der Waals surface area contributed by atoms with E-state index in [1.165, 1.54) is 27.8 Å². The van der Waals surface area contributed by atoms with Crippen LogP contribution in [0.4, 0.5) is 23.2 Å². The van der Waals surface area contributed by atoms with Gasteiger partial charge in [0.25, 0.3) is 5.91 Å². The first kappa shape index (κ1) is 32.8. The Morgan fingerprint density at radius 1 is 1.10 bits per heavy atom. The lowest BCUT2D eigenvalue weighted by Gasteiger charge is -2.38. The molecule has 0 spiro atoms. The molecule has 6 rings (SSSR count). The smallest absolute Gasteiger partial charge is 0.387 e. The molecule has 5 aromatic rings. The van der Waals surface area contributed by atoms with E-state index < -0.39 is 19.1 Å². The number of carbonyl (C=O) groups is 1. The van der Waals surface area contributed by atoms with E-state index >= 15 is 0 Å². The maximum Gasteiger partial charge on any atom is 0.387 e. The second kappa shape index (κ2) is 14.3. The predicted molar refractivity (Wildman–Crippen MR) is 162 cm³/mol. The van der Waals surface area contributed by atoms with Gasteiger partial charge >= 0.3 is 13.2 Å². The minimum absolute atomic E-state index is 0.0135. The highest BCUT2D eigenvalue weighted by atomic mass is 19.3. The number of hydrogen-bond acceptors (Lipinski definition) is 11. The van der Waals surface area contributed by atoms with Gasteiger partial charge in [-0.3, -0.25) is 14.4 Å². The Kier molecular flexibility index (Phi) is 9.76. The van der Waals surface area contributed by atoms with Gasteiger partial charge in [-0.2, -0.15) is 32.6 Å². The zero-order valence-electron chi connectivity index (χ0n) is 26.0. The summed E-state index contributed by atoms with van der Waals surface area (Å²) in [6.07, 6.45) is 8.06. The molecule has 19 heteroatoms. The molecule has 1 amide bonds. The van der Waals surface area contributed by atoms with Crippen molar-refractivity contribution < 1.29 is 31.8 Å². The van der Waals surface area contributed by atoms with E-state index in [4.69, 9.17) is 0 Å². The van der Waals surface area contributed by atoms with Crippen molar-refractivity contribution in [2.45, 2.75) is 38.7 Å². The zero-order chi connectivity index (χ0) is 33.8. The first-order valence-electron chi connectivity index (χ1n) is 15.0. The summed E-state index contributed by atoms with van der Waals surface area (Å²) in [6.45, 7) is -2.82. The number of aromatic nitrogens is 9. The molecule has 1 aliphatic heterocycles. The number of rotatable bonds is 15. The van der Waals surface area contributed by atoms with Crippen LogP contribution >= 0.6 is 0 Å². The van der Waals surface area contributed by atoms with Gasteiger partial charge in [0.2, 0.25) is 0 Å².